The predicted octanol–water partition coefficient (Wildman–Crippen LogP) is 3.55. The van der Waals surface area contributed by atoms with Crippen LogP contribution in [0.25, 0.3) is 10.9 Å². The molecular weight excluding hydrogens is 388 g/mol. The maximum absolute atomic E-state index is 12.9. The van der Waals surface area contributed by atoms with Crippen molar-refractivity contribution >= 4 is 22.7 Å². The first-order valence-corrected chi connectivity index (χ1v) is 11.2. The molecule has 160 valence electrons. The number of aromatic amines is 1. The van der Waals surface area contributed by atoms with Crippen LogP contribution in [0.15, 0.2) is 54.9 Å². The molecule has 2 N–H and O–H groups in total. The summed E-state index contributed by atoms with van der Waals surface area (Å²) in [5, 5.41) is 4.18. The highest BCUT2D eigenvalue weighted by molar-refractivity contribution is 5.98. The first kappa shape index (κ1) is 19.8. The number of rotatable bonds is 6. The zero-order valence-electron chi connectivity index (χ0n) is 17.6. The van der Waals surface area contributed by atoms with Crippen LogP contribution in [0.5, 0.6) is 0 Å². The molecule has 1 saturated heterocycles. The van der Waals surface area contributed by atoms with Crippen molar-refractivity contribution in [2.24, 2.45) is 11.3 Å². The van der Waals surface area contributed by atoms with Crippen molar-refractivity contribution in [2.75, 3.05) is 19.6 Å². The minimum atomic E-state index is 0.0591. The lowest BCUT2D eigenvalue weighted by Gasteiger charge is -2.32. The highest BCUT2D eigenvalue weighted by Gasteiger charge is 2.58. The summed E-state index contributed by atoms with van der Waals surface area (Å²) in [5.74, 6) is 0.354. The number of pyridine rings is 1. The molecule has 1 aliphatic carbocycles. The fourth-order valence-electron chi connectivity index (χ4n) is 4.96. The van der Waals surface area contributed by atoms with E-state index in [1.54, 1.807) is 12.4 Å². The van der Waals surface area contributed by atoms with Gasteiger partial charge in [-0.05, 0) is 67.3 Å². The van der Waals surface area contributed by atoms with E-state index >= 15 is 0 Å². The summed E-state index contributed by atoms with van der Waals surface area (Å²) in [7, 11) is 0. The van der Waals surface area contributed by atoms with Crippen LogP contribution < -0.4 is 5.32 Å². The number of benzene rings is 1. The Labute approximate surface area is 182 Å². The van der Waals surface area contributed by atoms with Gasteiger partial charge in [-0.2, -0.15) is 0 Å². The molecule has 0 bridgehead atoms. The topological polar surface area (TPSA) is 78.1 Å². The quantitative estimate of drug-likeness (QED) is 0.603. The van der Waals surface area contributed by atoms with Gasteiger partial charge in [-0.15, -0.1) is 0 Å². The van der Waals surface area contributed by atoms with E-state index in [9.17, 15) is 9.59 Å². The maximum atomic E-state index is 12.9. The van der Waals surface area contributed by atoms with Crippen LogP contribution in [0, 0.1) is 11.3 Å². The van der Waals surface area contributed by atoms with Gasteiger partial charge in [-0.3, -0.25) is 14.6 Å². The number of hydrogen-bond acceptors (Lipinski definition) is 3. The lowest BCUT2D eigenvalue weighted by molar-refractivity contribution is -0.123. The molecule has 1 spiro atoms. The van der Waals surface area contributed by atoms with E-state index in [0.717, 1.165) is 56.1 Å². The van der Waals surface area contributed by atoms with Crippen LogP contribution in [0.1, 0.15) is 41.7 Å². The molecule has 31 heavy (non-hydrogen) atoms. The fourth-order valence-corrected chi connectivity index (χ4v) is 4.96. The van der Waals surface area contributed by atoms with Crippen LogP contribution in [-0.2, 0) is 11.2 Å². The van der Waals surface area contributed by atoms with Crippen molar-refractivity contribution in [2.45, 2.75) is 32.1 Å². The summed E-state index contributed by atoms with van der Waals surface area (Å²) in [6.07, 6.45) is 8.26. The number of para-hydroxylation sites is 1. The summed E-state index contributed by atoms with van der Waals surface area (Å²) in [6.45, 7) is 2.15. The molecule has 2 aromatic heterocycles. The zero-order valence-corrected chi connectivity index (χ0v) is 17.6. The third kappa shape index (κ3) is 4.07. The minimum absolute atomic E-state index is 0.0591. The number of piperidine rings is 1. The maximum Gasteiger partial charge on any atom is 0.270 e. The van der Waals surface area contributed by atoms with Gasteiger partial charge in [-0.1, -0.05) is 18.2 Å². The minimum Gasteiger partial charge on any atom is -0.356 e. The molecule has 0 radical (unpaired) electrons. The van der Waals surface area contributed by atoms with E-state index in [4.69, 9.17) is 0 Å². The van der Waals surface area contributed by atoms with Gasteiger partial charge in [0, 0.05) is 48.8 Å². The summed E-state index contributed by atoms with van der Waals surface area (Å²) < 4.78 is 0. The first-order chi connectivity index (χ1) is 15.1. The second kappa shape index (κ2) is 8.17. The van der Waals surface area contributed by atoms with Crippen LogP contribution >= 0.6 is 0 Å². The Morgan fingerprint density at radius 2 is 1.90 bits per heavy atom. The number of nitrogens with zero attached hydrogens (tertiary/aromatic N) is 2. The number of fused-ring (bicyclic) bond motifs is 1. The van der Waals surface area contributed by atoms with Crippen molar-refractivity contribution in [3.8, 4) is 0 Å². The van der Waals surface area contributed by atoms with Gasteiger partial charge < -0.3 is 15.2 Å². The Balaban J connectivity index is 1.09. The van der Waals surface area contributed by atoms with E-state index in [2.05, 4.69) is 15.3 Å². The number of carbonyl (C=O) groups is 2. The van der Waals surface area contributed by atoms with E-state index in [1.165, 1.54) is 5.56 Å². The molecule has 0 unspecified atom stereocenters. The monoisotopic (exact) mass is 416 g/mol. The average Bonchev–Trinajstić information content (AvgIpc) is 3.32. The highest BCUT2D eigenvalue weighted by atomic mass is 16.2. The summed E-state index contributed by atoms with van der Waals surface area (Å²) in [6, 6.07) is 13.9. The molecule has 2 aliphatic rings. The van der Waals surface area contributed by atoms with Crippen LogP contribution in [-0.4, -0.2) is 46.3 Å². The van der Waals surface area contributed by atoms with E-state index in [-0.39, 0.29) is 23.1 Å². The highest BCUT2D eigenvalue weighted by Crippen LogP contribution is 2.59. The van der Waals surface area contributed by atoms with E-state index < -0.39 is 0 Å². The van der Waals surface area contributed by atoms with Gasteiger partial charge in [0.15, 0.2) is 0 Å². The summed E-state index contributed by atoms with van der Waals surface area (Å²) >= 11 is 0. The molecule has 1 atom stereocenters. The number of likely N-dealkylation sites (tertiary alicyclic amines) is 1. The van der Waals surface area contributed by atoms with Crippen molar-refractivity contribution in [3.05, 3.63) is 66.1 Å². The molecule has 6 heteroatoms. The summed E-state index contributed by atoms with van der Waals surface area (Å²) in [5.41, 5.74) is 2.99. The summed E-state index contributed by atoms with van der Waals surface area (Å²) in [4.78, 5) is 34.7. The smallest absolute Gasteiger partial charge is 0.270 e. The zero-order chi connectivity index (χ0) is 21.3. The van der Waals surface area contributed by atoms with Crippen LogP contribution in [0.4, 0.5) is 0 Å². The van der Waals surface area contributed by atoms with Gasteiger partial charge in [0.25, 0.3) is 5.91 Å². The number of aromatic nitrogens is 2. The first-order valence-electron chi connectivity index (χ1n) is 11.2. The number of aryl methyl sites for hydroxylation is 1. The molecule has 2 amide bonds. The normalized spacial score (nSPS) is 19.5. The van der Waals surface area contributed by atoms with Crippen molar-refractivity contribution in [1.29, 1.82) is 0 Å². The molecule has 5 rings (SSSR count). The largest absolute Gasteiger partial charge is 0.356 e. The number of H-pyrrole nitrogens is 1. The Hall–Kier alpha value is -3.15. The van der Waals surface area contributed by atoms with Gasteiger partial charge in [0.2, 0.25) is 5.91 Å². The standard InChI is InChI=1S/C25H28N4O2/c30-23(27-11-3-4-18-7-12-26-13-8-18)20-17-25(20)9-14-29(15-10-25)24(31)22-16-19-5-1-2-6-21(19)28-22/h1-2,5-8,12-13,16,20,28H,3-4,9-11,14-15,17H2,(H,27,30)/t20-/m1/s1. The predicted molar refractivity (Wildman–Crippen MR) is 120 cm³/mol. The van der Waals surface area contributed by atoms with Gasteiger partial charge in [0.05, 0.1) is 0 Å². The Bertz CT molecular complexity index is 1050. The van der Waals surface area contributed by atoms with Crippen molar-refractivity contribution in [3.63, 3.8) is 0 Å². The van der Waals surface area contributed by atoms with Gasteiger partial charge in [-0.25, -0.2) is 0 Å². The Morgan fingerprint density at radius 1 is 1.13 bits per heavy atom. The van der Waals surface area contributed by atoms with Gasteiger partial charge in [0.1, 0.15) is 5.69 Å². The fraction of sp³-hybridized carbons (Fsp3) is 0.400. The second-order valence-electron chi connectivity index (χ2n) is 8.93. The van der Waals surface area contributed by atoms with Crippen molar-refractivity contribution < 1.29 is 9.59 Å². The molecule has 3 heterocycles. The molecule has 3 aromatic rings. The van der Waals surface area contributed by atoms with Crippen LogP contribution in [0.3, 0.4) is 0 Å². The Morgan fingerprint density at radius 3 is 2.68 bits per heavy atom. The number of nitrogens with one attached hydrogen (secondary N) is 2. The second-order valence-corrected chi connectivity index (χ2v) is 8.93. The average molecular weight is 417 g/mol. The van der Waals surface area contributed by atoms with Crippen LogP contribution in [0.2, 0.25) is 0 Å². The van der Waals surface area contributed by atoms with E-state index in [1.807, 2.05) is 47.4 Å². The Kier molecular flexibility index (Phi) is 5.22. The molecule has 6 nitrogen and oxygen atoms in total. The third-order valence-corrected chi connectivity index (χ3v) is 7.00. The molecule has 2 fully saturated rings. The molecular formula is C25H28N4O2. The lowest BCUT2D eigenvalue weighted by atomic mass is 9.90. The van der Waals surface area contributed by atoms with E-state index in [0.29, 0.717) is 12.2 Å². The number of hydrogen-bond donors (Lipinski definition) is 2. The third-order valence-electron chi connectivity index (χ3n) is 7.00. The van der Waals surface area contributed by atoms with Gasteiger partial charge >= 0.3 is 0 Å². The SMILES string of the molecule is O=C(NCCCc1ccncc1)[C@H]1CC12CCN(C(=O)c1cc3ccccc3[nH]1)CC2. The number of amides is 2. The van der Waals surface area contributed by atoms with Crippen molar-refractivity contribution in [1.82, 2.24) is 20.2 Å². The molecule has 1 aliphatic heterocycles. The molecule has 1 aromatic carbocycles. The molecule has 1 saturated carbocycles. The number of carbonyl (C=O) groups excluding carboxylic acids is 2. The lowest BCUT2D eigenvalue weighted by Crippen LogP contribution is -2.40.